The van der Waals surface area contributed by atoms with Crippen molar-refractivity contribution in [1.29, 1.82) is 0 Å². The highest BCUT2D eigenvalue weighted by atomic mass is 32.1. The van der Waals surface area contributed by atoms with Crippen LogP contribution in [0.25, 0.3) is 10.2 Å². The van der Waals surface area contributed by atoms with Crippen LogP contribution in [0.1, 0.15) is 34.2 Å². The van der Waals surface area contributed by atoms with Gasteiger partial charge in [0.25, 0.3) is 11.5 Å². The van der Waals surface area contributed by atoms with Gasteiger partial charge < -0.3 is 15.2 Å². The molecule has 2 aromatic carbocycles. The van der Waals surface area contributed by atoms with E-state index in [2.05, 4.69) is 15.3 Å². The molecular weight excluding hydrogens is 424 g/mol. The molecule has 1 unspecified atom stereocenters. The Hall–Kier alpha value is -3.78. The number of thiophene rings is 1. The van der Waals surface area contributed by atoms with E-state index < -0.39 is 6.04 Å². The first-order chi connectivity index (χ1) is 15.5. The highest BCUT2D eigenvalue weighted by Gasteiger charge is 2.22. The standard InChI is InChI=1S/C24H22N4O3S/c1-28(15-20-25-18-12-13-32-22(18)24(31)27-20)21(29)14-19(16-8-4-2-5-9-16)26-23(30)17-10-6-3-7-11-17/h2-13,19H,14-15H2,1H3,(H,26,30)(H,25,27,31). The highest BCUT2D eigenvalue weighted by molar-refractivity contribution is 7.17. The van der Waals surface area contributed by atoms with E-state index in [4.69, 9.17) is 0 Å². The SMILES string of the molecule is CN(Cc1nc2ccsc2c(=O)[nH]1)C(=O)CC(NC(=O)c1ccccc1)c1ccccc1. The molecule has 2 N–H and O–H groups in total. The molecule has 1 atom stereocenters. The topological polar surface area (TPSA) is 95.2 Å². The number of amides is 2. The Balaban J connectivity index is 1.49. The molecular formula is C24H22N4O3S. The number of carbonyl (C=O) groups is 2. The van der Waals surface area contributed by atoms with Crippen molar-refractivity contribution < 1.29 is 9.59 Å². The number of hydrogen-bond acceptors (Lipinski definition) is 5. The highest BCUT2D eigenvalue weighted by Crippen LogP contribution is 2.19. The molecule has 0 saturated heterocycles. The van der Waals surface area contributed by atoms with Gasteiger partial charge in [0.2, 0.25) is 5.91 Å². The molecule has 0 radical (unpaired) electrons. The Bertz CT molecular complexity index is 1280. The van der Waals surface area contributed by atoms with Crippen molar-refractivity contribution in [2.45, 2.75) is 19.0 Å². The molecule has 0 aliphatic heterocycles. The third-order valence-corrected chi connectivity index (χ3v) is 6.00. The number of carbonyl (C=O) groups excluding carboxylic acids is 2. The largest absolute Gasteiger partial charge is 0.345 e. The summed E-state index contributed by atoms with van der Waals surface area (Å²) < 4.78 is 0.565. The quantitative estimate of drug-likeness (QED) is 0.454. The zero-order valence-electron chi connectivity index (χ0n) is 17.4. The Morgan fingerprint density at radius 3 is 2.47 bits per heavy atom. The van der Waals surface area contributed by atoms with E-state index >= 15 is 0 Å². The maximum absolute atomic E-state index is 13.0. The lowest BCUT2D eigenvalue weighted by atomic mass is 10.0. The Kier molecular flexibility index (Phi) is 6.42. The molecule has 2 amide bonds. The molecule has 4 aromatic rings. The number of rotatable bonds is 7. The predicted octanol–water partition coefficient (Wildman–Crippen LogP) is 3.50. The maximum atomic E-state index is 13.0. The molecule has 0 bridgehead atoms. The fraction of sp³-hybridized carbons (Fsp3) is 0.167. The lowest BCUT2D eigenvalue weighted by Gasteiger charge is -2.23. The van der Waals surface area contributed by atoms with Crippen molar-refractivity contribution in [3.05, 3.63) is 99.4 Å². The van der Waals surface area contributed by atoms with Gasteiger partial charge in [0.05, 0.1) is 24.5 Å². The third-order valence-electron chi connectivity index (χ3n) is 5.10. The van der Waals surface area contributed by atoms with Crippen LogP contribution in [0.5, 0.6) is 0 Å². The zero-order valence-corrected chi connectivity index (χ0v) is 18.3. The van der Waals surface area contributed by atoms with Crippen molar-refractivity contribution in [2.24, 2.45) is 0 Å². The number of aromatic amines is 1. The maximum Gasteiger partial charge on any atom is 0.268 e. The van der Waals surface area contributed by atoms with E-state index in [-0.39, 0.29) is 30.3 Å². The normalized spacial score (nSPS) is 11.8. The summed E-state index contributed by atoms with van der Waals surface area (Å²) >= 11 is 1.33. The van der Waals surface area contributed by atoms with Gasteiger partial charge in [0.1, 0.15) is 10.5 Å². The van der Waals surface area contributed by atoms with Gasteiger partial charge in [-0.1, -0.05) is 48.5 Å². The van der Waals surface area contributed by atoms with Crippen LogP contribution < -0.4 is 10.9 Å². The number of nitrogens with one attached hydrogen (secondary N) is 2. The van der Waals surface area contributed by atoms with Crippen LogP contribution in [-0.4, -0.2) is 33.7 Å². The molecule has 0 fully saturated rings. The molecule has 0 spiro atoms. The van der Waals surface area contributed by atoms with Crippen LogP contribution >= 0.6 is 11.3 Å². The summed E-state index contributed by atoms with van der Waals surface area (Å²) in [6, 6.07) is 19.6. The number of fused-ring (bicyclic) bond motifs is 1. The fourth-order valence-electron chi connectivity index (χ4n) is 3.41. The van der Waals surface area contributed by atoms with Crippen molar-refractivity contribution in [1.82, 2.24) is 20.2 Å². The summed E-state index contributed by atoms with van der Waals surface area (Å²) in [6.45, 7) is 0.161. The van der Waals surface area contributed by atoms with Gasteiger partial charge in [-0.2, -0.15) is 0 Å². The van der Waals surface area contributed by atoms with Crippen LogP contribution in [0.4, 0.5) is 0 Å². The predicted molar refractivity (Wildman–Crippen MR) is 124 cm³/mol. The lowest BCUT2D eigenvalue weighted by molar-refractivity contribution is -0.131. The second-order valence-electron chi connectivity index (χ2n) is 7.40. The van der Waals surface area contributed by atoms with Gasteiger partial charge >= 0.3 is 0 Å². The first-order valence-corrected chi connectivity index (χ1v) is 11.0. The summed E-state index contributed by atoms with van der Waals surface area (Å²) in [5, 5.41) is 4.78. The Morgan fingerprint density at radius 1 is 1.06 bits per heavy atom. The first kappa shape index (κ1) is 21.5. The monoisotopic (exact) mass is 446 g/mol. The van der Waals surface area contributed by atoms with E-state index in [0.717, 1.165) is 5.56 Å². The van der Waals surface area contributed by atoms with E-state index in [0.29, 0.717) is 21.6 Å². The molecule has 0 aliphatic rings. The van der Waals surface area contributed by atoms with Gasteiger partial charge in [-0.3, -0.25) is 14.4 Å². The number of nitrogens with zero attached hydrogens (tertiary/aromatic N) is 2. The van der Waals surface area contributed by atoms with Crippen molar-refractivity contribution in [3.8, 4) is 0 Å². The fourth-order valence-corrected chi connectivity index (χ4v) is 4.13. The number of benzene rings is 2. The van der Waals surface area contributed by atoms with Crippen LogP contribution in [0.2, 0.25) is 0 Å². The van der Waals surface area contributed by atoms with E-state index in [1.807, 2.05) is 41.8 Å². The van der Waals surface area contributed by atoms with E-state index in [9.17, 15) is 14.4 Å². The van der Waals surface area contributed by atoms with Gasteiger partial charge in [0, 0.05) is 12.6 Å². The van der Waals surface area contributed by atoms with Crippen LogP contribution in [0, 0.1) is 0 Å². The van der Waals surface area contributed by atoms with Crippen LogP contribution in [0.3, 0.4) is 0 Å². The molecule has 32 heavy (non-hydrogen) atoms. The number of H-pyrrole nitrogens is 1. The van der Waals surface area contributed by atoms with Gasteiger partial charge in [0.15, 0.2) is 0 Å². The van der Waals surface area contributed by atoms with Gasteiger partial charge in [-0.15, -0.1) is 11.3 Å². The number of hydrogen-bond donors (Lipinski definition) is 2. The van der Waals surface area contributed by atoms with Crippen molar-refractivity contribution in [3.63, 3.8) is 0 Å². The molecule has 0 aliphatic carbocycles. The Labute approximate surface area is 188 Å². The molecule has 8 heteroatoms. The second kappa shape index (κ2) is 9.57. The second-order valence-corrected chi connectivity index (χ2v) is 8.32. The average molecular weight is 447 g/mol. The Morgan fingerprint density at radius 2 is 1.75 bits per heavy atom. The minimum Gasteiger partial charge on any atom is -0.345 e. The first-order valence-electron chi connectivity index (χ1n) is 10.1. The smallest absolute Gasteiger partial charge is 0.268 e. The van der Waals surface area contributed by atoms with E-state index in [1.54, 1.807) is 37.4 Å². The molecule has 2 heterocycles. The molecule has 0 saturated carbocycles. The summed E-state index contributed by atoms with van der Waals surface area (Å²) in [6.07, 6.45) is 0.0734. The van der Waals surface area contributed by atoms with Gasteiger partial charge in [-0.25, -0.2) is 4.98 Å². The zero-order chi connectivity index (χ0) is 22.5. The van der Waals surface area contributed by atoms with Gasteiger partial charge in [-0.05, 0) is 29.1 Å². The lowest BCUT2D eigenvalue weighted by Crippen LogP contribution is -2.35. The summed E-state index contributed by atoms with van der Waals surface area (Å²) in [4.78, 5) is 46.6. The van der Waals surface area contributed by atoms with Crippen molar-refractivity contribution in [2.75, 3.05) is 7.05 Å². The van der Waals surface area contributed by atoms with Crippen molar-refractivity contribution >= 4 is 33.4 Å². The molecule has 7 nitrogen and oxygen atoms in total. The average Bonchev–Trinajstić information content (AvgIpc) is 3.29. The minimum atomic E-state index is -0.495. The van der Waals surface area contributed by atoms with E-state index in [1.165, 1.54) is 16.2 Å². The minimum absolute atomic E-state index is 0.0734. The third kappa shape index (κ3) is 4.92. The number of aromatic nitrogens is 2. The molecule has 162 valence electrons. The summed E-state index contributed by atoms with van der Waals surface area (Å²) in [7, 11) is 1.65. The summed E-state index contributed by atoms with van der Waals surface area (Å²) in [5.74, 6) is -0.00887. The van der Waals surface area contributed by atoms with Crippen LogP contribution in [0.15, 0.2) is 76.9 Å². The molecule has 4 rings (SSSR count). The van der Waals surface area contributed by atoms with Crippen LogP contribution in [-0.2, 0) is 11.3 Å². The molecule has 2 aromatic heterocycles. The summed E-state index contributed by atoms with van der Waals surface area (Å²) in [5.41, 5.74) is 1.77.